The molecule has 0 bridgehead atoms. The van der Waals surface area contributed by atoms with Crippen molar-refractivity contribution in [1.29, 1.82) is 0 Å². The van der Waals surface area contributed by atoms with E-state index in [1.807, 2.05) is 4.90 Å². The Balaban J connectivity index is 1.88. The third-order valence-electron chi connectivity index (χ3n) is 4.44. The summed E-state index contributed by atoms with van der Waals surface area (Å²) in [6.45, 7) is 5.71. The van der Waals surface area contributed by atoms with Crippen LogP contribution in [0.25, 0.3) is 0 Å². The van der Waals surface area contributed by atoms with E-state index < -0.39 is 5.97 Å². The lowest BCUT2D eigenvalue weighted by Crippen LogP contribution is -2.40. The number of hydrogen-bond acceptors (Lipinski definition) is 4. The van der Waals surface area contributed by atoms with Gasteiger partial charge in [-0.3, -0.25) is 4.79 Å². The maximum atomic E-state index is 12.4. The second-order valence-corrected chi connectivity index (χ2v) is 6.22. The fourth-order valence-electron chi connectivity index (χ4n) is 2.80. The molecule has 6 heteroatoms. The summed E-state index contributed by atoms with van der Waals surface area (Å²) in [6, 6.07) is 3.38. The number of anilines is 1. The molecule has 2 N–H and O–H groups in total. The van der Waals surface area contributed by atoms with E-state index in [9.17, 15) is 9.59 Å². The van der Waals surface area contributed by atoms with E-state index in [0.717, 1.165) is 31.5 Å². The Kier molecular flexibility index (Phi) is 5.96. The molecule has 0 aromatic carbocycles. The van der Waals surface area contributed by atoms with Gasteiger partial charge in [0.25, 0.3) is 0 Å². The van der Waals surface area contributed by atoms with Crippen LogP contribution in [0, 0.1) is 5.92 Å². The van der Waals surface area contributed by atoms with Crippen LogP contribution in [0.1, 0.15) is 50.0 Å². The van der Waals surface area contributed by atoms with Crippen LogP contribution in [0.2, 0.25) is 0 Å². The number of pyridine rings is 1. The minimum absolute atomic E-state index is 0.0294. The Labute approximate surface area is 136 Å². The lowest BCUT2D eigenvalue weighted by atomic mass is 10.0. The van der Waals surface area contributed by atoms with Gasteiger partial charge in [0.2, 0.25) is 5.91 Å². The number of carboxylic acids is 1. The van der Waals surface area contributed by atoms with E-state index >= 15 is 0 Å². The van der Waals surface area contributed by atoms with E-state index in [4.69, 9.17) is 5.11 Å². The molecule has 1 aliphatic heterocycles. The number of carboxylic acid groups (broad SMARTS) is 1. The standard InChI is InChI=1S/C17H25N3O3/c1-3-12(2)9-16(21)20-8-4-5-14(20)11-18-13-6-7-15(17(22)23)19-10-13/h6-7,10,12,14,18H,3-5,8-9,11H2,1-2H3,(H,22,23)/t12?,14-/m0/s1. The quantitative estimate of drug-likeness (QED) is 0.807. The zero-order valence-corrected chi connectivity index (χ0v) is 13.8. The minimum Gasteiger partial charge on any atom is -0.477 e. The average Bonchev–Trinajstić information content (AvgIpc) is 3.01. The second kappa shape index (κ2) is 7.94. The van der Waals surface area contributed by atoms with E-state index in [0.29, 0.717) is 18.9 Å². The minimum atomic E-state index is -1.03. The lowest BCUT2D eigenvalue weighted by Gasteiger charge is -2.26. The number of hydrogen-bond donors (Lipinski definition) is 2. The highest BCUT2D eigenvalue weighted by atomic mass is 16.4. The Bertz CT molecular complexity index is 545. The highest BCUT2D eigenvalue weighted by Crippen LogP contribution is 2.21. The molecule has 6 nitrogen and oxygen atoms in total. The maximum absolute atomic E-state index is 12.4. The molecule has 1 aromatic rings. The van der Waals surface area contributed by atoms with Gasteiger partial charge < -0.3 is 15.3 Å². The number of likely N-dealkylation sites (tertiary alicyclic amines) is 1. The third-order valence-corrected chi connectivity index (χ3v) is 4.44. The largest absolute Gasteiger partial charge is 0.477 e. The van der Waals surface area contributed by atoms with Crippen molar-refractivity contribution >= 4 is 17.6 Å². The Hall–Kier alpha value is -2.11. The summed E-state index contributed by atoms with van der Waals surface area (Å²) in [5, 5.41) is 12.1. The van der Waals surface area contributed by atoms with E-state index in [1.54, 1.807) is 6.07 Å². The predicted molar refractivity (Wildman–Crippen MR) is 88.5 cm³/mol. The fourth-order valence-corrected chi connectivity index (χ4v) is 2.80. The molecule has 2 atom stereocenters. The first kappa shape index (κ1) is 17.2. The van der Waals surface area contributed by atoms with Crippen molar-refractivity contribution in [2.45, 2.75) is 45.6 Å². The summed E-state index contributed by atoms with van der Waals surface area (Å²) < 4.78 is 0. The Morgan fingerprint density at radius 3 is 2.87 bits per heavy atom. The van der Waals surface area contributed by atoms with Gasteiger partial charge in [0, 0.05) is 25.6 Å². The van der Waals surface area contributed by atoms with Crippen molar-refractivity contribution < 1.29 is 14.7 Å². The van der Waals surface area contributed by atoms with Gasteiger partial charge in [0.15, 0.2) is 0 Å². The lowest BCUT2D eigenvalue weighted by molar-refractivity contribution is -0.132. The summed E-state index contributed by atoms with van der Waals surface area (Å²) in [7, 11) is 0. The van der Waals surface area contributed by atoms with Crippen LogP contribution < -0.4 is 5.32 Å². The molecule has 2 heterocycles. The molecule has 0 saturated carbocycles. The Morgan fingerprint density at radius 2 is 2.26 bits per heavy atom. The number of carbonyl (C=O) groups excluding carboxylic acids is 1. The highest BCUT2D eigenvalue weighted by molar-refractivity contribution is 5.85. The number of aromatic nitrogens is 1. The predicted octanol–water partition coefficient (Wildman–Crippen LogP) is 2.62. The molecular weight excluding hydrogens is 294 g/mol. The summed E-state index contributed by atoms with van der Waals surface area (Å²) in [5.41, 5.74) is 0.804. The number of rotatable bonds is 7. The zero-order chi connectivity index (χ0) is 16.8. The van der Waals surface area contributed by atoms with Crippen molar-refractivity contribution in [3.05, 3.63) is 24.0 Å². The summed E-state index contributed by atoms with van der Waals surface area (Å²) in [6.07, 6.45) is 5.18. The smallest absolute Gasteiger partial charge is 0.354 e. The van der Waals surface area contributed by atoms with Crippen LogP contribution >= 0.6 is 0 Å². The topological polar surface area (TPSA) is 82.5 Å². The van der Waals surface area contributed by atoms with E-state index in [-0.39, 0.29) is 17.6 Å². The maximum Gasteiger partial charge on any atom is 0.354 e. The molecule has 0 spiro atoms. The molecular formula is C17H25N3O3. The molecule has 1 saturated heterocycles. The highest BCUT2D eigenvalue weighted by Gasteiger charge is 2.28. The molecule has 126 valence electrons. The SMILES string of the molecule is CCC(C)CC(=O)N1CCC[C@H]1CNc1ccc(C(=O)O)nc1. The first-order valence-electron chi connectivity index (χ1n) is 8.24. The van der Waals surface area contributed by atoms with Gasteiger partial charge in [-0.05, 0) is 30.9 Å². The summed E-state index contributed by atoms with van der Waals surface area (Å²) in [5.74, 6) is -0.373. The molecule has 1 aromatic heterocycles. The molecule has 0 aliphatic carbocycles. The van der Waals surface area contributed by atoms with Crippen molar-refractivity contribution in [2.24, 2.45) is 5.92 Å². The molecule has 1 unspecified atom stereocenters. The molecule has 1 amide bonds. The first-order valence-corrected chi connectivity index (χ1v) is 8.24. The number of nitrogens with one attached hydrogen (secondary N) is 1. The third kappa shape index (κ3) is 4.68. The van der Waals surface area contributed by atoms with Gasteiger partial charge >= 0.3 is 5.97 Å². The molecule has 2 rings (SSSR count). The van der Waals surface area contributed by atoms with Crippen molar-refractivity contribution in [1.82, 2.24) is 9.88 Å². The Morgan fingerprint density at radius 1 is 1.48 bits per heavy atom. The van der Waals surface area contributed by atoms with Crippen LogP contribution in [-0.4, -0.2) is 46.0 Å². The van der Waals surface area contributed by atoms with Crippen LogP contribution in [0.5, 0.6) is 0 Å². The van der Waals surface area contributed by atoms with Gasteiger partial charge in [-0.25, -0.2) is 9.78 Å². The average molecular weight is 319 g/mol. The van der Waals surface area contributed by atoms with Gasteiger partial charge in [-0.15, -0.1) is 0 Å². The van der Waals surface area contributed by atoms with Crippen LogP contribution in [0.15, 0.2) is 18.3 Å². The van der Waals surface area contributed by atoms with Gasteiger partial charge in [0.1, 0.15) is 5.69 Å². The second-order valence-electron chi connectivity index (χ2n) is 6.22. The zero-order valence-electron chi connectivity index (χ0n) is 13.8. The summed E-state index contributed by atoms with van der Waals surface area (Å²) >= 11 is 0. The number of amides is 1. The van der Waals surface area contributed by atoms with Crippen LogP contribution in [-0.2, 0) is 4.79 Å². The molecule has 0 radical (unpaired) electrons. The molecule has 1 aliphatic rings. The van der Waals surface area contributed by atoms with Gasteiger partial charge in [-0.2, -0.15) is 0 Å². The first-order chi connectivity index (χ1) is 11.0. The van der Waals surface area contributed by atoms with Crippen molar-refractivity contribution in [3.8, 4) is 0 Å². The number of aromatic carboxylic acids is 1. The van der Waals surface area contributed by atoms with Crippen LogP contribution in [0.4, 0.5) is 5.69 Å². The normalized spacial score (nSPS) is 18.7. The van der Waals surface area contributed by atoms with Crippen LogP contribution in [0.3, 0.4) is 0 Å². The number of nitrogens with zero attached hydrogens (tertiary/aromatic N) is 2. The fraction of sp³-hybridized carbons (Fsp3) is 0.588. The van der Waals surface area contributed by atoms with Crippen molar-refractivity contribution in [3.63, 3.8) is 0 Å². The van der Waals surface area contributed by atoms with E-state index in [2.05, 4.69) is 24.1 Å². The van der Waals surface area contributed by atoms with Gasteiger partial charge in [-0.1, -0.05) is 20.3 Å². The summed E-state index contributed by atoms with van der Waals surface area (Å²) in [4.78, 5) is 29.0. The molecule has 1 fully saturated rings. The number of carbonyl (C=O) groups is 2. The van der Waals surface area contributed by atoms with E-state index in [1.165, 1.54) is 12.3 Å². The van der Waals surface area contributed by atoms with Crippen molar-refractivity contribution in [2.75, 3.05) is 18.4 Å². The van der Waals surface area contributed by atoms with Gasteiger partial charge in [0.05, 0.1) is 11.9 Å². The molecule has 23 heavy (non-hydrogen) atoms. The monoisotopic (exact) mass is 319 g/mol.